The molecule has 1 fully saturated rings. The molecule has 0 amide bonds. The van der Waals surface area contributed by atoms with E-state index in [1.807, 2.05) is 60.0 Å². The van der Waals surface area contributed by atoms with Crippen LogP contribution in [0.15, 0.2) is 67.3 Å². The highest BCUT2D eigenvalue weighted by Crippen LogP contribution is 2.35. The van der Waals surface area contributed by atoms with Crippen LogP contribution in [0.25, 0.3) is 33.5 Å². The van der Waals surface area contributed by atoms with E-state index < -0.39 is 0 Å². The Kier molecular flexibility index (Phi) is 5.46. The Morgan fingerprint density at radius 3 is 2.62 bits per heavy atom. The van der Waals surface area contributed by atoms with Crippen molar-refractivity contribution >= 4 is 45.4 Å². The Hall–Kier alpha value is -3.03. The lowest BCUT2D eigenvalue weighted by molar-refractivity contribution is 0.452. The second-order valence-corrected chi connectivity index (χ2v) is 9.98. The van der Waals surface area contributed by atoms with Crippen LogP contribution in [0.5, 0.6) is 0 Å². The predicted octanol–water partition coefficient (Wildman–Crippen LogP) is 7.17. The normalized spacial score (nSPS) is 14.5. The Labute approximate surface area is 205 Å². The van der Waals surface area contributed by atoms with Gasteiger partial charge in [0.2, 0.25) is 11.5 Å². The molecular weight excluding hydrogens is 470 g/mol. The van der Waals surface area contributed by atoms with Crippen molar-refractivity contribution in [3.05, 3.63) is 75.4 Å². The quantitative estimate of drug-likeness (QED) is 0.192. The summed E-state index contributed by atoms with van der Waals surface area (Å²) in [7, 11) is 0. The highest BCUT2D eigenvalue weighted by atomic mass is 35.5. The number of rotatable bonds is 5. The van der Waals surface area contributed by atoms with Crippen molar-refractivity contribution in [3.8, 4) is 11.5 Å². The SMILES string of the molecule is Cc1oc(-c2ccc(Cl)cc2)nc1CSc1nc2c(oc3ccccc32)c(=O)n1C1CCCC1. The number of benzene rings is 2. The van der Waals surface area contributed by atoms with Gasteiger partial charge >= 0.3 is 0 Å². The third kappa shape index (κ3) is 3.73. The van der Waals surface area contributed by atoms with Crippen LogP contribution in [0.3, 0.4) is 0 Å². The molecule has 6 rings (SSSR count). The van der Waals surface area contributed by atoms with Gasteiger partial charge < -0.3 is 8.83 Å². The first-order valence-electron chi connectivity index (χ1n) is 11.4. The molecular formula is C26H22ClN3O3S. The van der Waals surface area contributed by atoms with Crippen molar-refractivity contribution in [1.29, 1.82) is 0 Å². The molecule has 1 saturated carbocycles. The van der Waals surface area contributed by atoms with Gasteiger partial charge in [-0.3, -0.25) is 9.36 Å². The maximum atomic E-state index is 13.6. The van der Waals surface area contributed by atoms with Crippen LogP contribution in [0.2, 0.25) is 5.02 Å². The number of hydrogen-bond acceptors (Lipinski definition) is 6. The molecule has 0 N–H and O–H groups in total. The fourth-order valence-corrected chi connectivity index (χ4v) is 5.82. The van der Waals surface area contributed by atoms with Crippen LogP contribution in [-0.2, 0) is 5.75 Å². The molecule has 8 heteroatoms. The van der Waals surface area contributed by atoms with Gasteiger partial charge in [-0.15, -0.1) is 0 Å². The smallest absolute Gasteiger partial charge is 0.298 e. The van der Waals surface area contributed by atoms with Crippen molar-refractivity contribution in [2.24, 2.45) is 0 Å². The summed E-state index contributed by atoms with van der Waals surface area (Å²) >= 11 is 7.53. The number of oxazole rings is 1. The van der Waals surface area contributed by atoms with Crippen LogP contribution in [0.4, 0.5) is 0 Å². The van der Waals surface area contributed by atoms with E-state index in [0.717, 1.165) is 48.1 Å². The molecule has 34 heavy (non-hydrogen) atoms. The zero-order valence-electron chi connectivity index (χ0n) is 18.6. The van der Waals surface area contributed by atoms with Gasteiger partial charge in [0.15, 0.2) is 5.16 Å². The van der Waals surface area contributed by atoms with Crippen molar-refractivity contribution in [2.75, 3.05) is 0 Å². The minimum Gasteiger partial charge on any atom is -0.448 e. The molecule has 3 heterocycles. The average molecular weight is 492 g/mol. The number of aromatic nitrogens is 3. The van der Waals surface area contributed by atoms with E-state index in [4.69, 9.17) is 30.4 Å². The van der Waals surface area contributed by atoms with Crippen molar-refractivity contribution in [3.63, 3.8) is 0 Å². The molecule has 0 unspecified atom stereocenters. The lowest BCUT2D eigenvalue weighted by Gasteiger charge is -2.17. The van der Waals surface area contributed by atoms with E-state index in [1.54, 1.807) is 0 Å². The summed E-state index contributed by atoms with van der Waals surface area (Å²) < 4.78 is 13.7. The largest absolute Gasteiger partial charge is 0.448 e. The fraction of sp³-hybridized carbons (Fsp3) is 0.269. The summed E-state index contributed by atoms with van der Waals surface area (Å²) in [6, 6.07) is 15.2. The second kappa shape index (κ2) is 8.64. The van der Waals surface area contributed by atoms with Gasteiger partial charge in [0.1, 0.15) is 16.9 Å². The Morgan fingerprint density at radius 2 is 1.82 bits per heavy atom. The molecule has 3 aromatic heterocycles. The summed E-state index contributed by atoms with van der Waals surface area (Å²) in [5, 5.41) is 2.23. The maximum Gasteiger partial charge on any atom is 0.298 e. The van der Waals surface area contributed by atoms with Gasteiger partial charge in [0.25, 0.3) is 5.56 Å². The summed E-state index contributed by atoms with van der Waals surface area (Å²) in [6.07, 6.45) is 4.19. The number of thioether (sulfide) groups is 1. The minimum absolute atomic E-state index is 0.102. The zero-order valence-corrected chi connectivity index (χ0v) is 20.2. The first-order valence-corrected chi connectivity index (χ1v) is 12.7. The third-order valence-electron chi connectivity index (χ3n) is 6.41. The molecule has 1 aliphatic carbocycles. The van der Waals surface area contributed by atoms with Crippen molar-refractivity contribution in [1.82, 2.24) is 14.5 Å². The van der Waals surface area contributed by atoms with Crippen LogP contribution in [0.1, 0.15) is 43.2 Å². The lowest BCUT2D eigenvalue weighted by Crippen LogP contribution is -2.26. The van der Waals surface area contributed by atoms with Gasteiger partial charge in [-0.25, -0.2) is 9.97 Å². The number of halogens is 1. The van der Waals surface area contributed by atoms with Gasteiger partial charge in [0, 0.05) is 27.8 Å². The van der Waals surface area contributed by atoms with E-state index in [2.05, 4.69) is 0 Å². The Bertz CT molecular complexity index is 1560. The average Bonchev–Trinajstić information content (AvgIpc) is 3.58. The lowest BCUT2D eigenvalue weighted by atomic mass is 10.2. The molecule has 0 radical (unpaired) electrons. The van der Waals surface area contributed by atoms with Crippen LogP contribution >= 0.6 is 23.4 Å². The Morgan fingerprint density at radius 1 is 1.06 bits per heavy atom. The first kappa shape index (κ1) is 21.5. The van der Waals surface area contributed by atoms with E-state index in [9.17, 15) is 4.79 Å². The second-order valence-electron chi connectivity index (χ2n) is 8.60. The summed E-state index contributed by atoms with van der Waals surface area (Å²) in [5.74, 6) is 1.85. The monoisotopic (exact) mass is 491 g/mol. The molecule has 1 aliphatic rings. The van der Waals surface area contributed by atoms with Gasteiger partial charge in [0.05, 0.1) is 5.69 Å². The molecule has 0 saturated heterocycles. The van der Waals surface area contributed by atoms with Crippen molar-refractivity contribution < 1.29 is 8.83 Å². The molecule has 0 bridgehead atoms. The minimum atomic E-state index is -0.102. The molecule has 0 aliphatic heterocycles. The summed E-state index contributed by atoms with van der Waals surface area (Å²) in [5.41, 5.74) is 3.24. The summed E-state index contributed by atoms with van der Waals surface area (Å²) in [6.45, 7) is 1.91. The zero-order chi connectivity index (χ0) is 23.2. The standard InChI is InChI=1S/C26H22ClN3O3S/c1-15-20(28-24(32-15)16-10-12-17(27)13-11-16)14-34-26-29-22-19-8-4-5-9-21(19)33-23(22)25(31)30(26)18-6-2-3-7-18/h4-5,8-13,18H,2-3,6-7,14H2,1H3. The molecule has 2 aromatic carbocycles. The van der Waals surface area contributed by atoms with Crippen LogP contribution < -0.4 is 5.56 Å². The van der Waals surface area contributed by atoms with Gasteiger partial charge in [-0.1, -0.05) is 48.3 Å². The van der Waals surface area contributed by atoms with Crippen molar-refractivity contribution in [2.45, 2.75) is 49.6 Å². The number of fused-ring (bicyclic) bond motifs is 3. The van der Waals surface area contributed by atoms with Crippen LogP contribution in [-0.4, -0.2) is 14.5 Å². The van der Waals surface area contributed by atoms with Gasteiger partial charge in [-0.2, -0.15) is 0 Å². The highest BCUT2D eigenvalue weighted by Gasteiger charge is 2.26. The molecule has 6 nitrogen and oxygen atoms in total. The summed E-state index contributed by atoms with van der Waals surface area (Å²) in [4.78, 5) is 23.2. The Balaban J connectivity index is 1.39. The van der Waals surface area contributed by atoms with E-state index in [0.29, 0.717) is 38.5 Å². The first-order chi connectivity index (χ1) is 16.6. The molecule has 5 aromatic rings. The van der Waals surface area contributed by atoms with E-state index in [-0.39, 0.29) is 11.6 Å². The maximum absolute atomic E-state index is 13.6. The molecule has 0 spiro atoms. The number of nitrogens with zero attached hydrogens (tertiary/aromatic N) is 3. The number of para-hydroxylation sites is 1. The number of aryl methyl sites for hydroxylation is 1. The fourth-order valence-electron chi connectivity index (χ4n) is 4.63. The van der Waals surface area contributed by atoms with Crippen LogP contribution in [0, 0.1) is 6.92 Å². The third-order valence-corrected chi connectivity index (χ3v) is 7.62. The van der Waals surface area contributed by atoms with E-state index in [1.165, 1.54) is 11.8 Å². The topological polar surface area (TPSA) is 74.1 Å². The molecule has 0 atom stereocenters. The number of hydrogen-bond donors (Lipinski definition) is 0. The molecule has 172 valence electrons. The van der Waals surface area contributed by atoms with Gasteiger partial charge in [-0.05, 0) is 56.2 Å². The van der Waals surface area contributed by atoms with E-state index >= 15 is 0 Å². The highest BCUT2D eigenvalue weighted by molar-refractivity contribution is 7.98. The predicted molar refractivity (Wildman–Crippen MR) is 135 cm³/mol. The number of furan rings is 1.